The van der Waals surface area contributed by atoms with Crippen LogP contribution < -0.4 is 5.32 Å². The zero-order valence-corrected chi connectivity index (χ0v) is 19.2. The van der Waals surface area contributed by atoms with Gasteiger partial charge in [-0.1, -0.05) is 0 Å². The number of aromatic nitrogens is 3. The van der Waals surface area contributed by atoms with Crippen LogP contribution in [0.25, 0.3) is 27.6 Å². The van der Waals surface area contributed by atoms with Gasteiger partial charge in [0.25, 0.3) is 5.91 Å². The lowest BCUT2D eigenvalue weighted by Crippen LogP contribution is -2.27. The van der Waals surface area contributed by atoms with Gasteiger partial charge in [0, 0.05) is 41.8 Å². The summed E-state index contributed by atoms with van der Waals surface area (Å²) < 4.78 is 52.5. The van der Waals surface area contributed by atoms with E-state index in [4.69, 9.17) is 14.6 Å². The number of aliphatic carboxylic acids is 1. The zero-order valence-electron chi connectivity index (χ0n) is 19.2. The quantitative estimate of drug-likeness (QED) is 0.321. The van der Waals surface area contributed by atoms with Crippen molar-refractivity contribution >= 4 is 33.8 Å². The number of nitrogens with zero attached hydrogens (tertiary/aromatic N) is 3. The van der Waals surface area contributed by atoms with Gasteiger partial charge >= 0.3 is 12.1 Å². The van der Waals surface area contributed by atoms with Crippen molar-refractivity contribution in [3.05, 3.63) is 59.8 Å². The lowest BCUT2D eigenvalue weighted by atomic mass is 10.1. The predicted octanol–water partition coefficient (Wildman–Crippen LogP) is 3.38. The predicted molar refractivity (Wildman–Crippen MR) is 124 cm³/mol. The Bertz CT molecular complexity index is 1390. The Labute approximate surface area is 203 Å². The number of hydrogen-bond acceptors (Lipinski definition) is 5. The van der Waals surface area contributed by atoms with Crippen LogP contribution in [-0.4, -0.2) is 64.3 Å². The Morgan fingerprint density at radius 1 is 1.03 bits per heavy atom. The van der Waals surface area contributed by atoms with Crippen molar-refractivity contribution in [1.29, 1.82) is 0 Å². The van der Waals surface area contributed by atoms with E-state index in [0.717, 1.165) is 22.9 Å². The number of nitrogens with one attached hydrogen (secondary N) is 1. The van der Waals surface area contributed by atoms with Crippen molar-refractivity contribution in [2.24, 2.45) is 7.05 Å². The first kappa shape index (κ1) is 25.2. The fraction of sp³-hybridized carbons (Fsp3) is 0.292. The standard InChI is InChI=1S/C24H23F3N4O5/c1-30-13-19-18-12-15(23(34)28-8-9-35-10-11-36-14-21(32)33)2-7-20(18)31(22(19)29-30)17-5-3-16(4-6-17)24(25,26)27/h2-7,12-13H,8-11,14H2,1H3,(H,28,34)(H,32,33). The fourth-order valence-electron chi connectivity index (χ4n) is 3.81. The minimum absolute atomic E-state index is 0.133. The van der Waals surface area contributed by atoms with Crippen LogP contribution in [0.15, 0.2) is 48.7 Å². The third-order valence-electron chi connectivity index (χ3n) is 5.39. The van der Waals surface area contributed by atoms with Gasteiger partial charge < -0.3 is 19.9 Å². The lowest BCUT2D eigenvalue weighted by Gasteiger charge is -2.10. The van der Waals surface area contributed by atoms with Crippen molar-refractivity contribution in [2.75, 3.05) is 33.0 Å². The molecule has 0 fully saturated rings. The molecule has 0 saturated heterocycles. The highest BCUT2D eigenvalue weighted by Gasteiger charge is 2.30. The second-order valence-corrected chi connectivity index (χ2v) is 7.97. The van der Waals surface area contributed by atoms with Crippen molar-refractivity contribution in [3.8, 4) is 5.69 Å². The number of amides is 1. The molecule has 0 saturated carbocycles. The van der Waals surface area contributed by atoms with Gasteiger partial charge in [-0.05, 0) is 42.5 Å². The molecule has 0 aliphatic heterocycles. The fourth-order valence-corrected chi connectivity index (χ4v) is 3.81. The summed E-state index contributed by atoms with van der Waals surface area (Å²) in [6.45, 7) is 0.402. The van der Waals surface area contributed by atoms with Crippen LogP contribution in [-0.2, 0) is 27.5 Å². The van der Waals surface area contributed by atoms with Crippen LogP contribution >= 0.6 is 0 Å². The number of benzene rings is 2. The first-order valence-electron chi connectivity index (χ1n) is 11.0. The van der Waals surface area contributed by atoms with Gasteiger partial charge in [-0.15, -0.1) is 0 Å². The largest absolute Gasteiger partial charge is 0.480 e. The maximum Gasteiger partial charge on any atom is 0.416 e. The van der Waals surface area contributed by atoms with E-state index < -0.39 is 24.3 Å². The second-order valence-electron chi connectivity index (χ2n) is 7.97. The Morgan fingerprint density at radius 2 is 1.75 bits per heavy atom. The topological polar surface area (TPSA) is 108 Å². The first-order chi connectivity index (χ1) is 17.1. The number of carboxylic acid groups (broad SMARTS) is 1. The number of fused-ring (bicyclic) bond motifs is 3. The number of carboxylic acids is 1. The molecule has 0 radical (unpaired) electrons. The zero-order chi connectivity index (χ0) is 25.9. The van der Waals surface area contributed by atoms with Gasteiger partial charge in [0.1, 0.15) is 6.61 Å². The molecule has 1 amide bonds. The molecule has 190 valence electrons. The summed E-state index contributed by atoms with van der Waals surface area (Å²) in [5.74, 6) is -1.38. The maximum absolute atomic E-state index is 13.0. The molecule has 0 unspecified atom stereocenters. The van der Waals surface area contributed by atoms with Gasteiger partial charge in [0.15, 0.2) is 5.65 Å². The Balaban J connectivity index is 1.50. The molecule has 36 heavy (non-hydrogen) atoms. The third kappa shape index (κ3) is 5.50. The normalized spacial score (nSPS) is 11.9. The molecule has 2 aromatic carbocycles. The molecule has 0 spiro atoms. The highest BCUT2D eigenvalue weighted by Crippen LogP contribution is 2.34. The van der Waals surface area contributed by atoms with Crippen LogP contribution in [0.2, 0.25) is 0 Å². The van der Waals surface area contributed by atoms with Crippen molar-refractivity contribution in [3.63, 3.8) is 0 Å². The average molecular weight is 504 g/mol. The number of alkyl halides is 3. The van der Waals surface area contributed by atoms with Crippen LogP contribution in [0.1, 0.15) is 15.9 Å². The monoisotopic (exact) mass is 504 g/mol. The Morgan fingerprint density at radius 3 is 2.44 bits per heavy atom. The Hall–Kier alpha value is -3.90. The molecule has 2 aromatic heterocycles. The molecule has 2 N–H and O–H groups in total. The molecule has 4 aromatic rings. The molecular formula is C24H23F3N4O5. The number of ether oxygens (including phenoxy) is 2. The number of carbonyl (C=O) groups is 2. The smallest absolute Gasteiger partial charge is 0.416 e. The molecule has 0 aliphatic carbocycles. The molecular weight excluding hydrogens is 481 g/mol. The molecule has 2 heterocycles. The number of aryl methyl sites for hydroxylation is 1. The average Bonchev–Trinajstić information content (AvgIpc) is 3.34. The van der Waals surface area contributed by atoms with E-state index in [1.165, 1.54) is 12.1 Å². The van der Waals surface area contributed by atoms with Gasteiger partial charge in [-0.3, -0.25) is 14.0 Å². The Kier molecular flexibility index (Phi) is 7.27. The van der Waals surface area contributed by atoms with Gasteiger partial charge in [0.2, 0.25) is 0 Å². The summed E-state index contributed by atoms with van der Waals surface area (Å²) >= 11 is 0. The number of hydrogen-bond donors (Lipinski definition) is 2. The van der Waals surface area contributed by atoms with E-state index in [0.29, 0.717) is 22.4 Å². The van der Waals surface area contributed by atoms with E-state index in [-0.39, 0.29) is 32.3 Å². The van der Waals surface area contributed by atoms with Crippen LogP contribution in [0.5, 0.6) is 0 Å². The number of halogens is 3. The molecule has 12 heteroatoms. The summed E-state index contributed by atoms with van der Waals surface area (Å²) in [7, 11) is 1.74. The van der Waals surface area contributed by atoms with E-state index in [9.17, 15) is 22.8 Å². The van der Waals surface area contributed by atoms with Gasteiger partial charge in [-0.25, -0.2) is 4.79 Å². The van der Waals surface area contributed by atoms with Gasteiger partial charge in [-0.2, -0.15) is 18.3 Å². The highest BCUT2D eigenvalue weighted by atomic mass is 19.4. The SMILES string of the molecule is Cn1cc2c3cc(C(=O)NCCOCCOCC(=O)O)ccc3n(-c3ccc(C(F)(F)F)cc3)c2n1. The van der Waals surface area contributed by atoms with E-state index in [2.05, 4.69) is 10.4 Å². The highest BCUT2D eigenvalue weighted by molar-refractivity contribution is 6.10. The maximum atomic E-state index is 13.0. The molecule has 0 atom stereocenters. The summed E-state index contributed by atoms with van der Waals surface area (Å²) in [6.07, 6.45) is -2.64. The van der Waals surface area contributed by atoms with Crippen LogP contribution in [0.3, 0.4) is 0 Å². The van der Waals surface area contributed by atoms with Crippen molar-refractivity contribution < 1.29 is 37.3 Å². The summed E-state index contributed by atoms with van der Waals surface area (Å²) in [5.41, 5.74) is 1.44. The first-order valence-corrected chi connectivity index (χ1v) is 11.0. The summed E-state index contributed by atoms with van der Waals surface area (Å²) in [5, 5.41) is 17.2. The third-order valence-corrected chi connectivity index (χ3v) is 5.39. The summed E-state index contributed by atoms with van der Waals surface area (Å²) in [6, 6.07) is 9.93. The molecule has 4 rings (SSSR count). The van der Waals surface area contributed by atoms with E-state index in [1.807, 2.05) is 0 Å². The summed E-state index contributed by atoms with van der Waals surface area (Å²) in [4.78, 5) is 23.0. The number of carbonyl (C=O) groups excluding carboxylic acids is 1. The lowest BCUT2D eigenvalue weighted by molar-refractivity contribution is -0.142. The molecule has 0 bridgehead atoms. The van der Waals surface area contributed by atoms with E-state index >= 15 is 0 Å². The van der Waals surface area contributed by atoms with Gasteiger partial charge in [0.05, 0.1) is 30.9 Å². The minimum atomic E-state index is -4.43. The van der Waals surface area contributed by atoms with E-state index in [1.54, 1.807) is 40.7 Å². The molecule has 0 aliphatic rings. The van der Waals surface area contributed by atoms with Crippen molar-refractivity contribution in [2.45, 2.75) is 6.18 Å². The van der Waals surface area contributed by atoms with Crippen LogP contribution in [0, 0.1) is 0 Å². The van der Waals surface area contributed by atoms with Crippen molar-refractivity contribution in [1.82, 2.24) is 19.7 Å². The van der Waals surface area contributed by atoms with Crippen LogP contribution in [0.4, 0.5) is 13.2 Å². The minimum Gasteiger partial charge on any atom is -0.480 e. The molecule has 9 nitrogen and oxygen atoms in total. The number of rotatable bonds is 10. The second kappa shape index (κ2) is 10.4.